The van der Waals surface area contributed by atoms with Gasteiger partial charge in [0.15, 0.2) is 0 Å². The van der Waals surface area contributed by atoms with Crippen molar-refractivity contribution in [3.63, 3.8) is 0 Å². The molecular formula is C15H21ClN2OS. The van der Waals surface area contributed by atoms with Crippen molar-refractivity contribution in [1.82, 2.24) is 0 Å². The van der Waals surface area contributed by atoms with E-state index in [4.69, 9.17) is 11.6 Å². The van der Waals surface area contributed by atoms with Crippen LogP contribution in [0.1, 0.15) is 19.8 Å². The maximum Gasteiger partial charge on any atom is 0.234 e. The summed E-state index contributed by atoms with van der Waals surface area (Å²) in [6.07, 6.45) is 4.39. The lowest BCUT2D eigenvalue weighted by atomic mass is 9.99. The number of thioether (sulfide) groups is 1. The first-order valence-corrected chi connectivity index (χ1v) is 8.70. The molecule has 1 aliphatic rings. The number of rotatable bonds is 4. The van der Waals surface area contributed by atoms with Gasteiger partial charge in [0.05, 0.1) is 17.1 Å². The van der Waals surface area contributed by atoms with Crippen LogP contribution in [-0.4, -0.2) is 31.0 Å². The summed E-state index contributed by atoms with van der Waals surface area (Å²) in [5.74, 6) is 1.17. The number of carbonyl (C=O) groups is 1. The maximum atomic E-state index is 11.8. The molecule has 0 radical (unpaired) electrons. The number of anilines is 2. The molecule has 0 aromatic heterocycles. The Bertz CT molecular complexity index is 481. The average Bonchev–Trinajstić information content (AvgIpc) is 2.39. The number of benzene rings is 1. The standard InChI is InChI=1S/C15H21ClN2OS/c1-11-4-3-7-18(9-11)14-6-5-12(16)8-13(14)17-15(19)10-20-2/h5-6,8,11H,3-4,7,9-10H2,1-2H3,(H,17,19). The molecule has 110 valence electrons. The molecule has 0 aliphatic carbocycles. The van der Waals surface area contributed by atoms with Crippen LogP contribution in [0.25, 0.3) is 0 Å². The molecule has 1 fully saturated rings. The van der Waals surface area contributed by atoms with Crippen LogP contribution in [0.2, 0.25) is 5.02 Å². The predicted octanol–water partition coefficient (Wildman–Crippen LogP) is 3.88. The second kappa shape index (κ2) is 7.23. The lowest BCUT2D eigenvalue weighted by Crippen LogP contribution is -2.35. The smallest absolute Gasteiger partial charge is 0.234 e. The largest absolute Gasteiger partial charge is 0.370 e. The van der Waals surface area contributed by atoms with Crippen LogP contribution in [0.15, 0.2) is 18.2 Å². The van der Waals surface area contributed by atoms with E-state index in [1.54, 1.807) is 0 Å². The van der Waals surface area contributed by atoms with Crippen molar-refractivity contribution >= 4 is 40.6 Å². The highest BCUT2D eigenvalue weighted by Crippen LogP contribution is 2.32. The molecule has 0 bridgehead atoms. The zero-order valence-electron chi connectivity index (χ0n) is 12.0. The van der Waals surface area contributed by atoms with Crippen LogP contribution in [0, 0.1) is 5.92 Å². The van der Waals surface area contributed by atoms with E-state index in [0.29, 0.717) is 16.7 Å². The van der Waals surface area contributed by atoms with Gasteiger partial charge >= 0.3 is 0 Å². The molecule has 5 heteroatoms. The van der Waals surface area contributed by atoms with Gasteiger partial charge in [-0.25, -0.2) is 0 Å². The number of nitrogens with zero attached hydrogens (tertiary/aromatic N) is 1. The third-order valence-electron chi connectivity index (χ3n) is 3.51. The van der Waals surface area contributed by atoms with Gasteiger partial charge in [0.1, 0.15) is 0 Å². The number of nitrogens with one attached hydrogen (secondary N) is 1. The van der Waals surface area contributed by atoms with Gasteiger partial charge in [0.2, 0.25) is 5.91 Å². The van der Waals surface area contributed by atoms with E-state index in [1.807, 2.05) is 24.5 Å². The minimum atomic E-state index is 0.0195. The summed E-state index contributed by atoms with van der Waals surface area (Å²) in [5, 5.41) is 3.63. The maximum absolute atomic E-state index is 11.8. The third-order valence-corrected chi connectivity index (χ3v) is 4.29. The zero-order chi connectivity index (χ0) is 14.5. The second-order valence-electron chi connectivity index (χ2n) is 5.34. The summed E-state index contributed by atoms with van der Waals surface area (Å²) in [4.78, 5) is 14.2. The Morgan fingerprint density at radius 3 is 3.05 bits per heavy atom. The normalized spacial score (nSPS) is 18.9. The first-order chi connectivity index (χ1) is 9.60. The van der Waals surface area contributed by atoms with E-state index in [-0.39, 0.29) is 5.91 Å². The van der Waals surface area contributed by atoms with Gasteiger partial charge in [0.25, 0.3) is 0 Å². The number of hydrogen-bond donors (Lipinski definition) is 1. The molecule has 1 amide bonds. The molecule has 0 spiro atoms. The Balaban J connectivity index is 2.20. The quantitative estimate of drug-likeness (QED) is 0.915. The summed E-state index contributed by atoms with van der Waals surface area (Å²) in [5.41, 5.74) is 1.90. The van der Waals surface area contributed by atoms with E-state index in [9.17, 15) is 4.79 Å². The molecule has 1 atom stereocenters. The fourth-order valence-electron chi connectivity index (χ4n) is 2.61. The first-order valence-electron chi connectivity index (χ1n) is 6.93. The fourth-order valence-corrected chi connectivity index (χ4v) is 3.12. The van der Waals surface area contributed by atoms with Crippen molar-refractivity contribution in [2.24, 2.45) is 5.92 Å². The predicted molar refractivity (Wildman–Crippen MR) is 89.1 cm³/mol. The van der Waals surface area contributed by atoms with Crippen LogP contribution in [0.4, 0.5) is 11.4 Å². The molecule has 1 saturated heterocycles. The lowest BCUT2D eigenvalue weighted by Gasteiger charge is -2.34. The summed E-state index contributed by atoms with van der Waals surface area (Å²) in [6, 6.07) is 5.74. The van der Waals surface area contributed by atoms with Gasteiger partial charge in [-0.1, -0.05) is 18.5 Å². The monoisotopic (exact) mass is 312 g/mol. The number of piperidine rings is 1. The Morgan fingerprint density at radius 2 is 2.35 bits per heavy atom. The van der Waals surface area contributed by atoms with Crippen LogP contribution in [0.5, 0.6) is 0 Å². The summed E-state index contributed by atoms with van der Waals surface area (Å²) >= 11 is 7.59. The molecule has 3 nitrogen and oxygen atoms in total. The van der Waals surface area contributed by atoms with Gasteiger partial charge in [-0.3, -0.25) is 4.79 Å². The third kappa shape index (κ3) is 4.06. The molecular weight excluding hydrogens is 292 g/mol. The minimum absolute atomic E-state index is 0.0195. The molecule has 1 heterocycles. The second-order valence-corrected chi connectivity index (χ2v) is 6.64. The Labute approximate surface area is 130 Å². The van der Waals surface area contributed by atoms with Crippen molar-refractivity contribution in [3.05, 3.63) is 23.2 Å². The summed E-state index contributed by atoms with van der Waals surface area (Å²) in [7, 11) is 0. The first kappa shape index (κ1) is 15.5. The van der Waals surface area contributed by atoms with Crippen LogP contribution >= 0.6 is 23.4 Å². The van der Waals surface area contributed by atoms with Gasteiger partial charge in [-0.05, 0) is 43.2 Å². The zero-order valence-corrected chi connectivity index (χ0v) is 13.6. The van der Waals surface area contributed by atoms with Crippen molar-refractivity contribution < 1.29 is 4.79 Å². The van der Waals surface area contributed by atoms with Crippen LogP contribution in [0.3, 0.4) is 0 Å². The Morgan fingerprint density at radius 1 is 1.55 bits per heavy atom. The van der Waals surface area contributed by atoms with Crippen LogP contribution < -0.4 is 10.2 Å². The number of halogens is 1. The minimum Gasteiger partial charge on any atom is -0.370 e. The highest BCUT2D eigenvalue weighted by atomic mass is 35.5. The highest BCUT2D eigenvalue weighted by molar-refractivity contribution is 7.99. The van der Waals surface area contributed by atoms with E-state index in [2.05, 4.69) is 17.1 Å². The van der Waals surface area contributed by atoms with Gasteiger partial charge in [-0.2, -0.15) is 11.8 Å². The van der Waals surface area contributed by atoms with E-state index in [1.165, 1.54) is 24.6 Å². The number of amides is 1. The van der Waals surface area contributed by atoms with Gasteiger partial charge < -0.3 is 10.2 Å². The van der Waals surface area contributed by atoms with E-state index < -0.39 is 0 Å². The molecule has 2 rings (SSSR count). The number of carbonyl (C=O) groups excluding carboxylic acids is 1. The fraction of sp³-hybridized carbons (Fsp3) is 0.533. The van der Waals surface area contributed by atoms with Crippen molar-refractivity contribution in [2.45, 2.75) is 19.8 Å². The van der Waals surface area contributed by atoms with Gasteiger partial charge in [-0.15, -0.1) is 0 Å². The van der Waals surface area contributed by atoms with E-state index in [0.717, 1.165) is 24.5 Å². The summed E-state index contributed by atoms with van der Waals surface area (Å²) in [6.45, 7) is 4.35. The average molecular weight is 313 g/mol. The lowest BCUT2D eigenvalue weighted by molar-refractivity contribution is -0.113. The Kier molecular flexibility index (Phi) is 5.61. The summed E-state index contributed by atoms with van der Waals surface area (Å²) < 4.78 is 0. The SMILES string of the molecule is CSCC(=O)Nc1cc(Cl)ccc1N1CCCC(C)C1. The topological polar surface area (TPSA) is 32.3 Å². The van der Waals surface area contributed by atoms with Crippen LogP contribution in [-0.2, 0) is 4.79 Å². The molecule has 1 unspecified atom stereocenters. The molecule has 1 aromatic carbocycles. The van der Waals surface area contributed by atoms with Crippen molar-refractivity contribution in [3.8, 4) is 0 Å². The molecule has 1 N–H and O–H groups in total. The molecule has 0 saturated carbocycles. The van der Waals surface area contributed by atoms with Gasteiger partial charge in [0, 0.05) is 18.1 Å². The van der Waals surface area contributed by atoms with E-state index >= 15 is 0 Å². The number of hydrogen-bond acceptors (Lipinski definition) is 3. The molecule has 1 aromatic rings. The van der Waals surface area contributed by atoms with Crippen molar-refractivity contribution in [2.75, 3.05) is 35.3 Å². The molecule has 1 aliphatic heterocycles. The molecule has 20 heavy (non-hydrogen) atoms. The Hall–Kier alpha value is -0.870. The van der Waals surface area contributed by atoms with Crippen molar-refractivity contribution in [1.29, 1.82) is 0 Å². The highest BCUT2D eigenvalue weighted by Gasteiger charge is 2.19.